The second-order valence-corrected chi connectivity index (χ2v) is 6.69. The summed E-state index contributed by atoms with van der Waals surface area (Å²) in [6.07, 6.45) is 1.10. The van der Waals surface area contributed by atoms with Gasteiger partial charge in [0.05, 0.1) is 18.0 Å². The molecule has 6 nitrogen and oxygen atoms in total. The number of aliphatic imine (C=N–C) groups is 1. The molecule has 0 saturated heterocycles. The van der Waals surface area contributed by atoms with Crippen LogP contribution in [0.1, 0.15) is 23.5 Å². The lowest BCUT2D eigenvalue weighted by atomic mass is 10.3. The molecule has 0 bridgehead atoms. The Bertz CT molecular complexity index is 660. The number of aliphatic hydroxyl groups excluding tert-OH is 1. The molecule has 1 unspecified atom stereocenters. The van der Waals surface area contributed by atoms with Crippen LogP contribution in [0.25, 0.3) is 0 Å². The second kappa shape index (κ2) is 9.46. The number of rotatable bonds is 7. The van der Waals surface area contributed by atoms with Crippen molar-refractivity contribution in [2.45, 2.75) is 19.6 Å². The van der Waals surface area contributed by atoms with E-state index in [1.165, 1.54) is 11.3 Å². The van der Waals surface area contributed by atoms with Gasteiger partial charge in [0.1, 0.15) is 6.10 Å². The van der Waals surface area contributed by atoms with E-state index < -0.39 is 6.10 Å². The van der Waals surface area contributed by atoms with Crippen LogP contribution in [-0.2, 0) is 6.54 Å². The van der Waals surface area contributed by atoms with Gasteiger partial charge in [-0.25, -0.2) is 9.98 Å². The lowest BCUT2D eigenvalue weighted by Gasteiger charge is -2.14. The first-order chi connectivity index (χ1) is 11.6. The number of hydrogen-bond donors (Lipinski definition) is 3. The normalized spacial score (nSPS) is 12.8. The third-order valence-electron chi connectivity index (χ3n) is 3.16. The average molecular weight is 369 g/mol. The van der Waals surface area contributed by atoms with Crippen LogP contribution in [-0.4, -0.2) is 36.2 Å². The van der Waals surface area contributed by atoms with Crippen molar-refractivity contribution in [3.8, 4) is 5.88 Å². The fraction of sp³-hybridized carbons (Fsp3) is 0.375. The van der Waals surface area contributed by atoms with Crippen LogP contribution in [0.3, 0.4) is 0 Å². The van der Waals surface area contributed by atoms with E-state index in [9.17, 15) is 5.11 Å². The molecule has 0 aliphatic carbocycles. The van der Waals surface area contributed by atoms with Gasteiger partial charge in [0, 0.05) is 30.2 Å². The Morgan fingerprint density at radius 1 is 1.38 bits per heavy atom. The van der Waals surface area contributed by atoms with Crippen LogP contribution < -0.4 is 15.4 Å². The molecule has 0 spiro atoms. The van der Waals surface area contributed by atoms with Gasteiger partial charge in [0.15, 0.2) is 5.96 Å². The molecule has 24 heavy (non-hydrogen) atoms. The van der Waals surface area contributed by atoms with Gasteiger partial charge >= 0.3 is 0 Å². The molecule has 2 aromatic rings. The molecule has 0 amide bonds. The summed E-state index contributed by atoms with van der Waals surface area (Å²) < 4.78 is 5.70. The number of ether oxygens (including phenoxy) is 1. The molecule has 0 aromatic carbocycles. The van der Waals surface area contributed by atoms with E-state index in [0.29, 0.717) is 29.3 Å². The molecule has 0 aliphatic rings. The number of nitrogens with zero attached hydrogens (tertiary/aromatic N) is 2. The van der Waals surface area contributed by atoms with Crippen molar-refractivity contribution in [3.05, 3.63) is 45.2 Å². The van der Waals surface area contributed by atoms with Crippen molar-refractivity contribution in [3.63, 3.8) is 0 Å². The maximum atomic E-state index is 10.2. The molecular formula is C16H21ClN4O2S. The number of aliphatic hydroxyl groups is 1. The molecule has 0 aliphatic heterocycles. The number of thiophene rings is 1. The number of methoxy groups -OCH3 is 1. The van der Waals surface area contributed by atoms with Gasteiger partial charge in [-0.15, -0.1) is 11.3 Å². The number of guanidine groups is 1. The minimum Gasteiger partial charge on any atom is -0.481 e. The van der Waals surface area contributed by atoms with E-state index in [4.69, 9.17) is 16.3 Å². The number of nitrogens with one attached hydrogen (secondary N) is 2. The first kappa shape index (κ1) is 18.5. The molecule has 2 rings (SSSR count). The Labute approximate surface area is 150 Å². The van der Waals surface area contributed by atoms with Gasteiger partial charge in [0.25, 0.3) is 0 Å². The standard InChI is InChI=1S/C16H21ClN4O2S/c1-3-18-16(20-9-11-4-7-15(23-2)19-8-11)21-10-12(22)13-5-6-14(17)24-13/h4-8,12,22H,3,9-10H2,1-2H3,(H2,18,20,21). The Hall–Kier alpha value is -1.83. The first-order valence-electron chi connectivity index (χ1n) is 7.56. The summed E-state index contributed by atoms with van der Waals surface area (Å²) in [6, 6.07) is 7.32. The number of aromatic nitrogens is 1. The Balaban J connectivity index is 1.92. The van der Waals surface area contributed by atoms with Gasteiger partial charge in [-0.05, 0) is 24.6 Å². The summed E-state index contributed by atoms with van der Waals surface area (Å²) in [5.41, 5.74) is 0.971. The van der Waals surface area contributed by atoms with Crippen LogP contribution in [0.5, 0.6) is 5.88 Å². The molecule has 2 aromatic heterocycles. The molecular weight excluding hydrogens is 348 g/mol. The van der Waals surface area contributed by atoms with Crippen molar-refractivity contribution in [1.82, 2.24) is 15.6 Å². The lowest BCUT2D eigenvalue weighted by Crippen LogP contribution is -2.39. The van der Waals surface area contributed by atoms with Crippen LogP contribution in [0.15, 0.2) is 35.5 Å². The zero-order valence-electron chi connectivity index (χ0n) is 13.6. The smallest absolute Gasteiger partial charge is 0.212 e. The molecule has 130 valence electrons. The zero-order chi connectivity index (χ0) is 17.4. The van der Waals surface area contributed by atoms with Crippen LogP contribution in [0.4, 0.5) is 0 Å². The highest BCUT2D eigenvalue weighted by Crippen LogP contribution is 2.26. The predicted molar refractivity (Wildman–Crippen MR) is 97.9 cm³/mol. The maximum absolute atomic E-state index is 10.2. The number of pyridine rings is 1. The van der Waals surface area contributed by atoms with E-state index in [1.54, 1.807) is 25.4 Å². The van der Waals surface area contributed by atoms with E-state index in [-0.39, 0.29) is 0 Å². The summed E-state index contributed by atoms with van der Waals surface area (Å²) in [5, 5.41) is 16.5. The van der Waals surface area contributed by atoms with Crippen molar-refractivity contribution in [2.75, 3.05) is 20.2 Å². The third-order valence-corrected chi connectivity index (χ3v) is 4.49. The van der Waals surface area contributed by atoms with Crippen molar-refractivity contribution in [1.29, 1.82) is 0 Å². The summed E-state index contributed by atoms with van der Waals surface area (Å²) in [6.45, 7) is 3.55. The summed E-state index contributed by atoms with van der Waals surface area (Å²) in [5.74, 6) is 1.21. The van der Waals surface area contributed by atoms with Crippen LogP contribution >= 0.6 is 22.9 Å². The summed E-state index contributed by atoms with van der Waals surface area (Å²) in [4.78, 5) is 9.47. The largest absolute Gasteiger partial charge is 0.481 e. The second-order valence-electron chi connectivity index (χ2n) is 4.94. The molecule has 3 N–H and O–H groups in total. The lowest BCUT2D eigenvalue weighted by molar-refractivity contribution is 0.184. The van der Waals surface area contributed by atoms with Gasteiger partial charge in [-0.2, -0.15) is 0 Å². The molecule has 2 heterocycles. The zero-order valence-corrected chi connectivity index (χ0v) is 15.2. The first-order valence-corrected chi connectivity index (χ1v) is 8.76. The van der Waals surface area contributed by atoms with Crippen molar-refractivity contribution in [2.24, 2.45) is 4.99 Å². The predicted octanol–water partition coefficient (Wildman–Crippen LogP) is 2.59. The highest BCUT2D eigenvalue weighted by atomic mass is 35.5. The van der Waals surface area contributed by atoms with E-state index in [0.717, 1.165) is 17.0 Å². The topological polar surface area (TPSA) is 78.8 Å². The Morgan fingerprint density at radius 2 is 2.21 bits per heavy atom. The molecule has 0 saturated carbocycles. The Kier molecular flexibility index (Phi) is 7.30. The number of hydrogen-bond acceptors (Lipinski definition) is 5. The van der Waals surface area contributed by atoms with E-state index in [1.807, 2.05) is 19.1 Å². The minimum absolute atomic E-state index is 0.351. The molecule has 0 fully saturated rings. The molecule has 1 atom stereocenters. The van der Waals surface area contributed by atoms with Gasteiger partial charge in [-0.3, -0.25) is 0 Å². The minimum atomic E-state index is -0.631. The quantitative estimate of drug-likeness (QED) is 0.517. The van der Waals surface area contributed by atoms with Gasteiger partial charge in [0.2, 0.25) is 5.88 Å². The van der Waals surface area contributed by atoms with Crippen LogP contribution in [0.2, 0.25) is 4.34 Å². The van der Waals surface area contributed by atoms with Crippen molar-refractivity contribution < 1.29 is 9.84 Å². The van der Waals surface area contributed by atoms with E-state index >= 15 is 0 Å². The summed E-state index contributed by atoms with van der Waals surface area (Å²) in [7, 11) is 1.58. The highest BCUT2D eigenvalue weighted by molar-refractivity contribution is 7.16. The van der Waals surface area contributed by atoms with Gasteiger partial charge < -0.3 is 20.5 Å². The monoisotopic (exact) mass is 368 g/mol. The van der Waals surface area contributed by atoms with Crippen LogP contribution in [0, 0.1) is 0 Å². The number of halogens is 1. The fourth-order valence-electron chi connectivity index (χ4n) is 1.94. The SMILES string of the molecule is CCNC(=NCc1ccc(OC)nc1)NCC(O)c1ccc(Cl)s1. The molecule has 0 radical (unpaired) electrons. The van der Waals surface area contributed by atoms with Crippen molar-refractivity contribution >= 4 is 28.9 Å². The Morgan fingerprint density at radius 3 is 2.79 bits per heavy atom. The van der Waals surface area contributed by atoms with Gasteiger partial charge in [-0.1, -0.05) is 17.7 Å². The summed E-state index contributed by atoms with van der Waals surface area (Å²) >= 11 is 7.26. The molecule has 8 heteroatoms. The highest BCUT2D eigenvalue weighted by Gasteiger charge is 2.11. The maximum Gasteiger partial charge on any atom is 0.212 e. The third kappa shape index (κ3) is 5.67. The fourth-order valence-corrected chi connectivity index (χ4v) is 2.99. The average Bonchev–Trinajstić information content (AvgIpc) is 3.04. The van der Waals surface area contributed by atoms with E-state index in [2.05, 4.69) is 20.6 Å².